The molecule has 0 aliphatic carbocycles. The Labute approximate surface area is 118 Å². The normalized spacial score (nSPS) is 16.1. The third-order valence-electron chi connectivity index (χ3n) is 3.54. The van der Waals surface area contributed by atoms with E-state index in [9.17, 15) is 9.90 Å². The van der Waals surface area contributed by atoms with Crippen LogP contribution in [0.3, 0.4) is 0 Å². The van der Waals surface area contributed by atoms with Gasteiger partial charge in [0.25, 0.3) is 5.91 Å². The molecule has 0 atom stereocenters. The zero-order valence-corrected chi connectivity index (χ0v) is 11.8. The Morgan fingerprint density at radius 2 is 1.80 bits per heavy atom. The third kappa shape index (κ3) is 2.80. The quantitative estimate of drug-likeness (QED) is 0.803. The molecule has 110 valence electrons. The van der Waals surface area contributed by atoms with Crippen molar-refractivity contribution in [1.29, 1.82) is 0 Å². The molecule has 20 heavy (non-hydrogen) atoms. The predicted octanol–water partition coefficient (Wildman–Crippen LogP) is 0.883. The number of hydrogen-bond donors (Lipinski definition) is 2. The molecule has 1 aliphatic rings. The molecule has 0 spiro atoms. The van der Waals surface area contributed by atoms with Crippen molar-refractivity contribution in [2.75, 3.05) is 33.0 Å². The van der Waals surface area contributed by atoms with Crippen LogP contribution < -0.4 is 15.2 Å². The molecule has 1 saturated heterocycles. The van der Waals surface area contributed by atoms with E-state index in [0.717, 1.165) is 0 Å². The fourth-order valence-corrected chi connectivity index (χ4v) is 2.32. The summed E-state index contributed by atoms with van der Waals surface area (Å²) in [5, 5.41) is 9.49. The lowest BCUT2D eigenvalue weighted by atomic mass is 10.1. The van der Waals surface area contributed by atoms with Crippen LogP contribution in [0, 0.1) is 0 Å². The van der Waals surface area contributed by atoms with E-state index in [2.05, 4.69) is 0 Å². The summed E-state index contributed by atoms with van der Waals surface area (Å²) >= 11 is 0. The van der Waals surface area contributed by atoms with Crippen LogP contribution >= 0.6 is 0 Å². The minimum atomic E-state index is -0.318. The second-order valence-electron chi connectivity index (χ2n) is 4.82. The van der Waals surface area contributed by atoms with E-state index < -0.39 is 0 Å². The van der Waals surface area contributed by atoms with Gasteiger partial charge < -0.3 is 25.2 Å². The minimum absolute atomic E-state index is 0.143. The summed E-state index contributed by atoms with van der Waals surface area (Å²) in [5.74, 6) is 0.827. The zero-order valence-electron chi connectivity index (χ0n) is 11.8. The van der Waals surface area contributed by atoms with Crippen molar-refractivity contribution in [3.05, 3.63) is 17.7 Å². The Morgan fingerprint density at radius 1 is 1.25 bits per heavy atom. The van der Waals surface area contributed by atoms with E-state index >= 15 is 0 Å². The van der Waals surface area contributed by atoms with Crippen LogP contribution in [0.2, 0.25) is 0 Å². The molecule has 6 heteroatoms. The van der Waals surface area contributed by atoms with Crippen LogP contribution in [0.4, 0.5) is 5.69 Å². The molecule has 0 aromatic heterocycles. The summed E-state index contributed by atoms with van der Waals surface area (Å²) in [6.45, 7) is 1.07. The van der Waals surface area contributed by atoms with Crippen LogP contribution in [0.15, 0.2) is 12.1 Å². The number of carbonyl (C=O) groups is 1. The molecule has 0 radical (unpaired) electrons. The number of hydrogen-bond acceptors (Lipinski definition) is 5. The van der Waals surface area contributed by atoms with Gasteiger partial charge in [0.1, 0.15) is 0 Å². The third-order valence-corrected chi connectivity index (χ3v) is 3.54. The van der Waals surface area contributed by atoms with Gasteiger partial charge in [0.05, 0.1) is 25.9 Å². The van der Waals surface area contributed by atoms with Gasteiger partial charge in [-0.2, -0.15) is 0 Å². The van der Waals surface area contributed by atoms with Crippen molar-refractivity contribution in [1.82, 2.24) is 4.90 Å². The first-order chi connectivity index (χ1) is 9.56. The number of piperidine rings is 1. The van der Waals surface area contributed by atoms with Gasteiger partial charge in [-0.25, -0.2) is 0 Å². The lowest BCUT2D eigenvalue weighted by Crippen LogP contribution is -2.40. The molecule has 1 aliphatic heterocycles. The fourth-order valence-electron chi connectivity index (χ4n) is 2.32. The van der Waals surface area contributed by atoms with Crippen LogP contribution in [-0.2, 0) is 0 Å². The van der Waals surface area contributed by atoms with Gasteiger partial charge in [-0.15, -0.1) is 0 Å². The topological polar surface area (TPSA) is 85.0 Å². The second-order valence-corrected chi connectivity index (χ2v) is 4.82. The van der Waals surface area contributed by atoms with Crippen molar-refractivity contribution in [2.24, 2.45) is 0 Å². The van der Waals surface area contributed by atoms with E-state index in [1.807, 2.05) is 0 Å². The average molecular weight is 280 g/mol. The van der Waals surface area contributed by atoms with Gasteiger partial charge in [0.2, 0.25) is 0 Å². The number of carbonyl (C=O) groups excluding carboxylic acids is 1. The highest BCUT2D eigenvalue weighted by Crippen LogP contribution is 2.32. The molecular formula is C14H20N2O4. The van der Waals surface area contributed by atoms with E-state index in [-0.39, 0.29) is 12.0 Å². The molecule has 1 fully saturated rings. The lowest BCUT2D eigenvalue weighted by molar-refractivity contribution is 0.0547. The lowest BCUT2D eigenvalue weighted by Gasteiger charge is -2.30. The maximum atomic E-state index is 12.5. The zero-order chi connectivity index (χ0) is 14.7. The number of likely N-dealkylation sites (tertiary alicyclic amines) is 1. The molecule has 1 amide bonds. The van der Waals surface area contributed by atoms with Crippen molar-refractivity contribution >= 4 is 11.6 Å². The monoisotopic (exact) mass is 280 g/mol. The Morgan fingerprint density at radius 3 is 2.35 bits per heavy atom. The molecule has 1 aromatic rings. The number of methoxy groups -OCH3 is 2. The predicted molar refractivity (Wildman–Crippen MR) is 75.1 cm³/mol. The van der Waals surface area contributed by atoms with E-state index in [1.54, 1.807) is 17.0 Å². The summed E-state index contributed by atoms with van der Waals surface area (Å²) in [7, 11) is 3.03. The number of amides is 1. The molecule has 6 nitrogen and oxygen atoms in total. The van der Waals surface area contributed by atoms with Gasteiger partial charge in [-0.1, -0.05) is 0 Å². The van der Waals surface area contributed by atoms with Crippen molar-refractivity contribution in [3.8, 4) is 11.5 Å². The number of nitrogens with zero attached hydrogens (tertiary/aromatic N) is 1. The smallest absolute Gasteiger partial charge is 0.256 e. The first-order valence-electron chi connectivity index (χ1n) is 6.55. The Balaban J connectivity index is 2.25. The van der Waals surface area contributed by atoms with Gasteiger partial charge in [0.15, 0.2) is 11.5 Å². The number of nitrogens with two attached hydrogens (primary N) is 1. The summed E-state index contributed by atoms with van der Waals surface area (Å²) in [4.78, 5) is 14.2. The Hall–Kier alpha value is -1.95. The number of aliphatic hydroxyl groups excluding tert-OH is 1. The highest BCUT2D eigenvalue weighted by molar-refractivity contribution is 6.00. The molecule has 1 heterocycles. The molecule has 1 aromatic carbocycles. The molecular weight excluding hydrogens is 260 g/mol. The number of nitrogen functional groups attached to an aromatic ring is 1. The van der Waals surface area contributed by atoms with E-state index in [0.29, 0.717) is 48.7 Å². The Kier molecular flexibility index (Phi) is 4.34. The molecule has 2 rings (SSSR count). The molecule has 0 saturated carbocycles. The number of rotatable bonds is 3. The number of aliphatic hydroxyl groups is 1. The highest BCUT2D eigenvalue weighted by atomic mass is 16.5. The van der Waals surface area contributed by atoms with Gasteiger partial charge in [-0.3, -0.25) is 4.79 Å². The van der Waals surface area contributed by atoms with Gasteiger partial charge in [-0.05, 0) is 18.9 Å². The number of benzene rings is 1. The highest BCUT2D eigenvalue weighted by Gasteiger charge is 2.24. The van der Waals surface area contributed by atoms with Gasteiger partial charge in [0, 0.05) is 24.8 Å². The summed E-state index contributed by atoms with van der Waals surface area (Å²) in [6, 6.07) is 3.19. The van der Waals surface area contributed by atoms with E-state index in [1.165, 1.54) is 14.2 Å². The van der Waals surface area contributed by atoms with Crippen molar-refractivity contribution in [3.63, 3.8) is 0 Å². The van der Waals surface area contributed by atoms with Crippen LogP contribution in [0.25, 0.3) is 0 Å². The maximum Gasteiger partial charge on any atom is 0.256 e. The second kappa shape index (κ2) is 6.00. The maximum absolute atomic E-state index is 12.5. The van der Waals surface area contributed by atoms with Crippen LogP contribution in [-0.4, -0.2) is 49.3 Å². The fraction of sp³-hybridized carbons (Fsp3) is 0.500. The van der Waals surface area contributed by atoms with Crippen LogP contribution in [0.1, 0.15) is 23.2 Å². The van der Waals surface area contributed by atoms with Crippen LogP contribution in [0.5, 0.6) is 11.5 Å². The average Bonchev–Trinajstić information content (AvgIpc) is 2.47. The first-order valence-corrected chi connectivity index (χ1v) is 6.55. The number of ether oxygens (including phenoxy) is 2. The first kappa shape index (κ1) is 14.5. The molecule has 0 bridgehead atoms. The minimum Gasteiger partial charge on any atom is -0.493 e. The molecule has 0 unspecified atom stereocenters. The van der Waals surface area contributed by atoms with Crippen molar-refractivity contribution < 1.29 is 19.4 Å². The summed E-state index contributed by atoms with van der Waals surface area (Å²) in [6.07, 6.45) is 0.875. The molecule has 3 N–H and O–H groups in total. The summed E-state index contributed by atoms with van der Waals surface area (Å²) in [5.41, 5.74) is 6.68. The summed E-state index contributed by atoms with van der Waals surface area (Å²) < 4.78 is 10.3. The Bertz CT molecular complexity index is 496. The van der Waals surface area contributed by atoms with Gasteiger partial charge >= 0.3 is 0 Å². The standard InChI is InChI=1S/C14H20N2O4/c1-19-12-7-10(11(15)8-13(12)20-2)14(18)16-5-3-9(17)4-6-16/h7-9,17H,3-6,15H2,1-2H3. The SMILES string of the molecule is COc1cc(N)c(C(=O)N2CCC(O)CC2)cc1OC. The van der Waals surface area contributed by atoms with E-state index in [4.69, 9.17) is 15.2 Å². The van der Waals surface area contributed by atoms with Crippen molar-refractivity contribution in [2.45, 2.75) is 18.9 Å². The number of anilines is 1. The largest absolute Gasteiger partial charge is 0.493 e.